The Labute approximate surface area is 142 Å². The summed E-state index contributed by atoms with van der Waals surface area (Å²) in [4.78, 5) is 13.0. The predicted octanol–water partition coefficient (Wildman–Crippen LogP) is 4.19. The summed E-state index contributed by atoms with van der Waals surface area (Å²) < 4.78 is 8.60. The number of aromatic amines is 1. The summed E-state index contributed by atoms with van der Waals surface area (Å²) in [6, 6.07) is 11.9. The first-order valence-electron chi connectivity index (χ1n) is 7.42. The number of rotatable bonds is 5. The van der Waals surface area contributed by atoms with Gasteiger partial charge in [-0.05, 0) is 49.3 Å². The van der Waals surface area contributed by atoms with Gasteiger partial charge >= 0.3 is 0 Å². The zero-order valence-electron chi connectivity index (χ0n) is 12.9. The monoisotopic (exact) mass is 337 g/mol. The zero-order valence-corrected chi connectivity index (χ0v) is 13.7. The van der Waals surface area contributed by atoms with Gasteiger partial charge in [-0.1, -0.05) is 6.07 Å². The maximum Gasteiger partial charge on any atom is 0.144 e. The van der Waals surface area contributed by atoms with Crippen LogP contribution < -0.4 is 10.0 Å². The molecule has 1 aromatic carbocycles. The van der Waals surface area contributed by atoms with E-state index in [1.165, 1.54) is 0 Å². The molecule has 0 saturated heterocycles. The molecule has 4 aromatic rings. The Morgan fingerprint density at radius 1 is 1.17 bits per heavy atom. The standard InChI is InChI=1S/C17H15N5OS/c1-18-24-12-5-2-4-11(8-12)22-17-15-13(14-6-3-7-23-14)9-19-16(15)20-10-21-17/h2-10,18H,1H3,(H2,19,20,21,22). The molecule has 0 aliphatic heterocycles. The van der Waals surface area contributed by atoms with E-state index >= 15 is 0 Å². The summed E-state index contributed by atoms with van der Waals surface area (Å²) in [5.41, 5.74) is 2.65. The van der Waals surface area contributed by atoms with Gasteiger partial charge in [-0.15, -0.1) is 0 Å². The van der Waals surface area contributed by atoms with E-state index < -0.39 is 0 Å². The van der Waals surface area contributed by atoms with Crippen molar-refractivity contribution in [3.05, 3.63) is 55.2 Å². The van der Waals surface area contributed by atoms with Gasteiger partial charge in [0.05, 0.1) is 11.6 Å². The quantitative estimate of drug-likeness (QED) is 0.474. The highest BCUT2D eigenvalue weighted by atomic mass is 32.2. The Kier molecular flexibility index (Phi) is 3.94. The zero-order chi connectivity index (χ0) is 16.4. The second-order valence-electron chi connectivity index (χ2n) is 5.08. The first kappa shape index (κ1) is 14.8. The molecule has 4 rings (SSSR count). The maximum absolute atomic E-state index is 5.53. The van der Waals surface area contributed by atoms with E-state index in [2.05, 4.69) is 31.1 Å². The van der Waals surface area contributed by atoms with E-state index in [4.69, 9.17) is 4.42 Å². The molecule has 0 fully saturated rings. The summed E-state index contributed by atoms with van der Waals surface area (Å²) >= 11 is 1.56. The minimum Gasteiger partial charge on any atom is -0.464 e. The van der Waals surface area contributed by atoms with Gasteiger partial charge in [0.15, 0.2) is 0 Å². The molecule has 0 amide bonds. The van der Waals surface area contributed by atoms with Gasteiger partial charge in [-0.25, -0.2) is 9.97 Å². The first-order valence-corrected chi connectivity index (χ1v) is 8.23. The van der Waals surface area contributed by atoms with Crippen LogP contribution in [0.5, 0.6) is 0 Å². The van der Waals surface area contributed by atoms with Gasteiger partial charge in [-0.3, -0.25) is 4.72 Å². The number of anilines is 2. The fourth-order valence-electron chi connectivity index (χ4n) is 2.58. The van der Waals surface area contributed by atoms with Crippen LogP contribution in [0, 0.1) is 0 Å². The third kappa shape index (κ3) is 2.75. The summed E-state index contributed by atoms with van der Waals surface area (Å²) in [6.07, 6.45) is 5.08. The fraction of sp³-hybridized carbons (Fsp3) is 0.0588. The Hall–Kier alpha value is -2.77. The van der Waals surface area contributed by atoms with Crippen molar-refractivity contribution < 1.29 is 4.42 Å². The lowest BCUT2D eigenvalue weighted by Gasteiger charge is -2.09. The molecule has 0 bridgehead atoms. The number of furan rings is 1. The van der Waals surface area contributed by atoms with Gasteiger partial charge in [0.1, 0.15) is 23.6 Å². The van der Waals surface area contributed by atoms with Crippen molar-refractivity contribution in [1.82, 2.24) is 19.7 Å². The molecule has 6 nitrogen and oxygen atoms in total. The molecule has 0 saturated carbocycles. The molecule has 7 heteroatoms. The second kappa shape index (κ2) is 6.38. The Morgan fingerprint density at radius 3 is 2.96 bits per heavy atom. The van der Waals surface area contributed by atoms with Crippen molar-refractivity contribution >= 4 is 34.5 Å². The SMILES string of the molecule is CNSc1cccc(Nc2ncnc3[nH]cc(-c4ccco4)c23)c1. The van der Waals surface area contributed by atoms with Gasteiger partial charge in [0.25, 0.3) is 0 Å². The lowest BCUT2D eigenvalue weighted by Crippen LogP contribution is -1.97. The van der Waals surface area contributed by atoms with Crippen LogP contribution in [-0.4, -0.2) is 22.0 Å². The Bertz CT molecular complexity index is 964. The average molecular weight is 337 g/mol. The summed E-state index contributed by atoms with van der Waals surface area (Å²) in [5.74, 6) is 1.51. The van der Waals surface area contributed by atoms with Crippen LogP contribution in [-0.2, 0) is 0 Å². The molecule has 3 aromatic heterocycles. The van der Waals surface area contributed by atoms with E-state index in [9.17, 15) is 0 Å². The number of benzene rings is 1. The second-order valence-corrected chi connectivity index (χ2v) is 6.17. The van der Waals surface area contributed by atoms with Crippen LogP contribution in [0.1, 0.15) is 0 Å². The highest BCUT2D eigenvalue weighted by Gasteiger charge is 2.14. The molecule has 3 N–H and O–H groups in total. The topological polar surface area (TPSA) is 78.8 Å². The van der Waals surface area contributed by atoms with Crippen molar-refractivity contribution in [2.75, 3.05) is 12.4 Å². The average Bonchev–Trinajstić information content (AvgIpc) is 3.25. The maximum atomic E-state index is 5.53. The van der Waals surface area contributed by atoms with Crippen LogP contribution >= 0.6 is 11.9 Å². The fourth-order valence-corrected chi connectivity index (χ4v) is 3.14. The highest BCUT2D eigenvalue weighted by molar-refractivity contribution is 7.97. The van der Waals surface area contributed by atoms with Gasteiger partial charge in [0.2, 0.25) is 0 Å². The molecular weight excluding hydrogens is 322 g/mol. The van der Waals surface area contributed by atoms with Gasteiger partial charge in [-0.2, -0.15) is 0 Å². The molecule has 0 spiro atoms. The highest BCUT2D eigenvalue weighted by Crippen LogP contribution is 2.33. The largest absolute Gasteiger partial charge is 0.464 e. The summed E-state index contributed by atoms with van der Waals surface area (Å²) in [6.45, 7) is 0. The number of fused-ring (bicyclic) bond motifs is 1. The van der Waals surface area contributed by atoms with Crippen molar-refractivity contribution in [3.63, 3.8) is 0 Å². The number of nitrogens with zero attached hydrogens (tertiary/aromatic N) is 2. The number of hydrogen-bond acceptors (Lipinski definition) is 6. The molecule has 3 heterocycles. The third-order valence-corrected chi connectivity index (χ3v) is 4.27. The van der Waals surface area contributed by atoms with Crippen LogP contribution in [0.15, 0.2) is 64.5 Å². The summed E-state index contributed by atoms with van der Waals surface area (Å²) in [5, 5.41) is 4.28. The number of aromatic nitrogens is 3. The smallest absolute Gasteiger partial charge is 0.144 e. The van der Waals surface area contributed by atoms with Crippen molar-refractivity contribution in [2.45, 2.75) is 4.90 Å². The van der Waals surface area contributed by atoms with Crippen molar-refractivity contribution in [2.24, 2.45) is 0 Å². The number of hydrogen-bond donors (Lipinski definition) is 3. The molecule has 0 atom stereocenters. The molecule has 24 heavy (non-hydrogen) atoms. The molecule has 0 radical (unpaired) electrons. The van der Waals surface area contributed by atoms with Crippen molar-refractivity contribution in [3.8, 4) is 11.3 Å². The Morgan fingerprint density at radius 2 is 2.12 bits per heavy atom. The van der Waals surface area contributed by atoms with Crippen LogP contribution in [0.2, 0.25) is 0 Å². The van der Waals surface area contributed by atoms with Crippen LogP contribution in [0.3, 0.4) is 0 Å². The molecule has 120 valence electrons. The predicted molar refractivity (Wildman–Crippen MR) is 96.2 cm³/mol. The van der Waals surface area contributed by atoms with E-state index in [0.29, 0.717) is 0 Å². The van der Waals surface area contributed by atoms with Gasteiger partial charge in [0, 0.05) is 22.3 Å². The van der Waals surface area contributed by atoms with E-state index in [-0.39, 0.29) is 0 Å². The molecule has 0 aliphatic carbocycles. The Balaban J connectivity index is 1.77. The van der Waals surface area contributed by atoms with Gasteiger partial charge < -0.3 is 14.7 Å². The van der Waals surface area contributed by atoms with Crippen LogP contribution in [0.4, 0.5) is 11.5 Å². The van der Waals surface area contributed by atoms with E-state index in [1.807, 2.05) is 43.6 Å². The first-order chi connectivity index (χ1) is 11.8. The minimum atomic E-state index is 0.735. The number of nitrogens with one attached hydrogen (secondary N) is 3. The molecular formula is C17H15N5OS. The van der Waals surface area contributed by atoms with E-state index in [1.54, 1.807) is 24.5 Å². The summed E-state index contributed by atoms with van der Waals surface area (Å²) in [7, 11) is 1.90. The molecule has 0 aliphatic rings. The van der Waals surface area contributed by atoms with Crippen LogP contribution in [0.25, 0.3) is 22.4 Å². The lowest BCUT2D eigenvalue weighted by atomic mass is 10.2. The number of H-pyrrole nitrogens is 1. The lowest BCUT2D eigenvalue weighted by molar-refractivity contribution is 0.583. The van der Waals surface area contributed by atoms with E-state index in [0.717, 1.165) is 38.8 Å². The molecule has 0 unspecified atom stereocenters. The van der Waals surface area contributed by atoms with Crippen molar-refractivity contribution in [1.29, 1.82) is 0 Å². The third-order valence-electron chi connectivity index (χ3n) is 3.57. The normalized spacial score (nSPS) is 11.0. The minimum absolute atomic E-state index is 0.735.